The molecule has 7 nitrogen and oxygen atoms in total. The molecule has 0 aromatic carbocycles. The molecule has 25 heavy (non-hydrogen) atoms. The first kappa shape index (κ1) is 15.0. The third kappa shape index (κ3) is 2.93. The molecule has 1 aliphatic heterocycles. The highest BCUT2D eigenvalue weighted by Crippen LogP contribution is 2.40. The molecule has 4 heterocycles. The van der Waals surface area contributed by atoms with Crippen LogP contribution in [-0.4, -0.2) is 42.8 Å². The van der Waals surface area contributed by atoms with Crippen LogP contribution in [-0.2, 0) is 6.54 Å². The van der Waals surface area contributed by atoms with Crippen molar-refractivity contribution in [3.63, 3.8) is 0 Å². The number of piperidine rings is 1. The second kappa shape index (κ2) is 5.91. The maximum Gasteiger partial charge on any atom is 0.208 e. The van der Waals surface area contributed by atoms with Crippen LogP contribution in [0.25, 0.3) is 5.65 Å². The summed E-state index contributed by atoms with van der Waals surface area (Å²) < 4.78 is 7.80. The predicted octanol–water partition coefficient (Wildman–Crippen LogP) is 2.68. The van der Waals surface area contributed by atoms with Gasteiger partial charge in [-0.15, -0.1) is 10.2 Å². The Kier molecular flexibility index (Phi) is 3.55. The Morgan fingerprint density at radius 2 is 1.92 bits per heavy atom. The van der Waals surface area contributed by atoms with Gasteiger partial charge in [0, 0.05) is 11.8 Å². The van der Waals surface area contributed by atoms with Crippen molar-refractivity contribution in [2.45, 2.75) is 51.0 Å². The zero-order chi connectivity index (χ0) is 16.8. The largest absolute Gasteiger partial charge is 0.444 e. The molecule has 3 aromatic heterocycles. The van der Waals surface area contributed by atoms with E-state index in [0.717, 1.165) is 61.3 Å². The predicted molar refractivity (Wildman–Crippen MR) is 91.2 cm³/mol. The summed E-state index contributed by atoms with van der Waals surface area (Å²) in [7, 11) is 0. The Labute approximate surface area is 146 Å². The zero-order valence-electron chi connectivity index (χ0n) is 14.4. The molecule has 1 saturated heterocycles. The number of fused-ring (bicyclic) bond motifs is 1. The molecular weight excluding hydrogens is 316 g/mol. The Morgan fingerprint density at radius 3 is 2.72 bits per heavy atom. The van der Waals surface area contributed by atoms with Gasteiger partial charge in [-0.05, 0) is 57.8 Å². The molecule has 130 valence electrons. The number of likely N-dealkylation sites (tertiary alicyclic amines) is 1. The second-order valence-corrected chi connectivity index (χ2v) is 7.28. The fourth-order valence-electron chi connectivity index (χ4n) is 3.65. The van der Waals surface area contributed by atoms with E-state index in [2.05, 4.69) is 25.2 Å². The molecule has 0 spiro atoms. The highest BCUT2D eigenvalue weighted by molar-refractivity contribution is 5.36. The highest BCUT2D eigenvalue weighted by atomic mass is 16.4. The van der Waals surface area contributed by atoms with Gasteiger partial charge in [0.15, 0.2) is 11.5 Å². The lowest BCUT2D eigenvalue weighted by molar-refractivity contribution is 0.183. The normalized spacial score (nSPS) is 19.7. The minimum Gasteiger partial charge on any atom is -0.444 e. The smallest absolute Gasteiger partial charge is 0.208 e. The standard InChI is InChI=1S/C18H22N6O/c1-12-2-5-16-20-21-18(24(16)22-12)14-6-8-23(9-7-14)11-17-19-10-15(25-17)13-3-4-13/h2,5,10,13-14H,3-4,6-9,11H2,1H3. The average Bonchev–Trinajstić information content (AvgIpc) is 3.23. The summed E-state index contributed by atoms with van der Waals surface area (Å²) in [5.74, 6) is 3.95. The van der Waals surface area contributed by atoms with Crippen molar-refractivity contribution < 1.29 is 4.42 Å². The van der Waals surface area contributed by atoms with Crippen molar-refractivity contribution in [3.8, 4) is 0 Å². The quantitative estimate of drug-likeness (QED) is 0.728. The maximum atomic E-state index is 5.89. The van der Waals surface area contributed by atoms with Crippen LogP contribution < -0.4 is 0 Å². The summed E-state index contributed by atoms with van der Waals surface area (Å²) in [6.45, 7) is 4.84. The van der Waals surface area contributed by atoms with E-state index in [4.69, 9.17) is 4.42 Å². The first-order valence-electron chi connectivity index (χ1n) is 9.12. The molecule has 1 aliphatic carbocycles. The lowest BCUT2D eigenvalue weighted by Crippen LogP contribution is -2.33. The molecule has 0 unspecified atom stereocenters. The number of hydrogen-bond donors (Lipinski definition) is 0. The molecule has 2 aliphatic rings. The monoisotopic (exact) mass is 338 g/mol. The molecule has 7 heteroatoms. The van der Waals surface area contributed by atoms with E-state index in [0.29, 0.717) is 11.8 Å². The molecule has 0 bridgehead atoms. The Bertz CT molecular complexity index is 888. The molecule has 1 saturated carbocycles. The molecule has 5 rings (SSSR count). The van der Waals surface area contributed by atoms with Gasteiger partial charge in [0.2, 0.25) is 5.89 Å². The van der Waals surface area contributed by atoms with Gasteiger partial charge >= 0.3 is 0 Å². The number of hydrogen-bond acceptors (Lipinski definition) is 6. The van der Waals surface area contributed by atoms with E-state index in [9.17, 15) is 0 Å². The van der Waals surface area contributed by atoms with Gasteiger partial charge in [-0.3, -0.25) is 4.90 Å². The minimum atomic E-state index is 0.409. The summed E-state index contributed by atoms with van der Waals surface area (Å²) in [5, 5.41) is 13.2. The SMILES string of the molecule is Cc1ccc2nnc(C3CCN(Cc4ncc(C5CC5)o4)CC3)n2n1. The molecule has 3 aromatic rings. The molecular formula is C18H22N6O. The molecule has 0 radical (unpaired) electrons. The number of rotatable bonds is 4. The van der Waals surface area contributed by atoms with Crippen molar-refractivity contribution in [3.05, 3.63) is 41.5 Å². The van der Waals surface area contributed by atoms with E-state index < -0.39 is 0 Å². The van der Waals surface area contributed by atoms with Crippen LogP contribution in [0.2, 0.25) is 0 Å². The van der Waals surface area contributed by atoms with E-state index in [-0.39, 0.29) is 0 Å². The first-order valence-corrected chi connectivity index (χ1v) is 9.12. The van der Waals surface area contributed by atoms with Crippen molar-refractivity contribution in [1.29, 1.82) is 0 Å². The Hall–Kier alpha value is -2.28. The molecule has 0 amide bonds. The van der Waals surface area contributed by atoms with E-state index >= 15 is 0 Å². The van der Waals surface area contributed by atoms with Crippen molar-refractivity contribution in [1.82, 2.24) is 29.7 Å². The van der Waals surface area contributed by atoms with Gasteiger partial charge in [0.05, 0.1) is 18.4 Å². The van der Waals surface area contributed by atoms with Crippen LogP contribution in [0.5, 0.6) is 0 Å². The number of oxazole rings is 1. The first-order chi connectivity index (χ1) is 12.3. The Morgan fingerprint density at radius 1 is 1.08 bits per heavy atom. The zero-order valence-corrected chi connectivity index (χ0v) is 14.4. The van der Waals surface area contributed by atoms with Crippen LogP contribution in [0.3, 0.4) is 0 Å². The fourth-order valence-corrected chi connectivity index (χ4v) is 3.65. The summed E-state index contributed by atoms with van der Waals surface area (Å²) >= 11 is 0. The fraction of sp³-hybridized carbons (Fsp3) is 0.556. The van der Waals surface area contributed by atoms with Gasteiger partial charge in [-0.2, -0.15) is 9.61 Å². The molecule has 2 fully saturated rings. The summed E-state index contributed by atoms with van der Waals surface area (Å²) in [5.41, 5.74) is 1.82. The summed E-state index contributed by atoms with van der Waals surface area (Å²) in [4.78, 5) is 6.86. The van der Waals surface area contributed by atoms with Crippen LogP contribution >= 0.6 is 0 Å². The Balaban J connectivity index is 1.25. The minimum absolute atomic E-state index is 0.409. The highest BCUT2D eigenvalue weighted by Gasteiger charge is 2.29. The van der Waals surface area contributed by atoms with Gasteiger partial charge < -0.3 is 4.42 Å². The molecule has 0 atom stereocenters. The number of aryl methyl sites for hydroxylation is 1. The summed E-state index contributed by atoms with van der Waals surface area (Å²) in [6, 6.07) is 3.96. The third-order valence-electron chi connectivity index (χ3n) is 5.28. The average molecular weight is 338 g/mol. The third-order valence-corrected chi connectivity index (χ3v) is 5.28. The van der Waals surface area contributed by atoms with Crippen LogP contribution in [0, 0.1) is 6.92 Å². The van der Waals surface area contributed by atoms with Crippen molar-refractivity contribution in [2.24, 2.45) is 0 Å². The topological polar surface area (TPSA) is 72.4 Å². The van der Waals surface area contributed by atoms with Gasteiger partial charge in [0.25, 0.3) is 0 Å². The van der Waals surface area contributed by atoms with E-state index in [1.165, 1.54) is 12.8 Å². The van der Waals surface area contributed by atoms with E-state index in [1.807, 2.05) is 29.8 Å². The second-order valence-electron chi connectivity index (χ2n) is 7.28. The lowest BCUT2D eigenvalue weighted by Gasteiger charge is -2.29. The van der Waals surface area contributed by atoms with Gasteiger partial charge in [0.1, 0.15) is 5.76 Å². The molecule has 0 N–H and O–H groups in total. The van der Waals surface area contributed by atoms with Crippen molar-refractivity contribution >= 4 is 5.65 Å². The lowest BCUT2D eigenvalue weighted by atomic mass is 9.96. The van der Waals surface area contributed by atoms with Gasteiger partial charge in [-0.25, -0.2) is 4.98 Å². The van der Waals surface area contributed by atoms with Gasteiger partial charge in [-0.1, -0.05) is 0 Å². The van der Waals surface area contributed by atoms with E-state index in [1.54, 1.807) is 0 Å². The maximum absolute atomic E-state index is 5.89. The van der Waals surface area contributed by atoms with Crippen molar-refractivity contribution in [2.75, 3.05) is 13.1 Å². The number of aromatic nitrogens is 5. The van der Waals surface area contributed by atoms with Crippen LogP contribution in [0.1, 0.15) is 60.7 Å². The summed E-state index contributed by atoms with van der Waals surface area (Å²) in [6.07, 6.45) is 6.54. The number of nitrogens with zero attached hydrogens (tertiary/aromatic N) is 6. The van der Waals surface area contributed by atoms with Crippen LogP contribution in [0.4, 0.5) is 0 Å². The van der Waals surface area contributed by atoms with Crippen LogP contribution in [0.15, 0.2) is 22.7 Å².